The molecule has 0 radical (unpaired) electrons. The summed E-state index contributed by atoms with van der Waals surface area (Å²) in [5.41, 5.74) is 7.78. The Hall–Kier alpha value is -4.55. The third-order valence-electron chi connectivity index (χ3n) is 8.14. The van der Waals surface area contributed by atoms with E-state index >= 15 is 0 Å². The lowest BCUT2D eigenvalue weighted by atomic mass is 9.93. The molecule has 6 heteroatoms. The molecule has 0 amide bonds. The first-order valence-electron chi connectivity index (χ1n) is 14.8. The maximum atomic E-state index is 14.1. The van der Waals surface area contributed by atoms with Crippen molar-refractivity contribution in [3.63, 3.8) is 0 Å². The van der Waals surface area contributed by atoms with Gasteiger partial charge in [0.05, 0.1) is 37.0 Å². The molecule has 5 aromatic rings. The second-order valence-corrected chi connectivity index (χ2v) is 12.5. The van der Waals surface area contributed by atoms with Gasteiger partial charge in [-0.15, -0.1) is 0 Å². The van der Waals surface area contributed by atoms with E-state index in [2.05, 4.69) is 42.5 Å². The van der Waals surface area contributed by atoms with Crippen molar-refractivity contribution in [2.24, 2.45) is 0 Å². The molecule has 0 fully saturated rings. The molecule has 4 aliphatic rings. The molecule has 224 valence electrons. The first-order valence-corrected chi connectivity index (χ1v) is 15.9. The molecule has 4 aliphatic heterocycles. The van der Waals surface area contributed by atoms with Crippen LogP contribution in [0, 0.1) is 6.92 Å². The third kappa shape index (κ3) is 6.22. The quantitative estimate of drug-likeness (QED) is 0.201. The van der Waals surface area contributed by atoms with E-state index in [1.54, 1.807) is 21.3 Å². The summed E-state index contributed by atoms with van der Waals surface area (Å²) < 4.78 is 37.8. The molecule has 1 atom stereocenters. The zero-order chi connectivity index (χ0) is 30.6. The fourth-order valence-corrected chi connectivity index (χ4v) is 6.84. The van der Waals surface area contributed by atoms with Gasteiger partial charge in [0.1, 0.15) is 17.2 Å². The fraction of sp³-hybridized carbons (Fsp3) is 0.211. The van der Waals surface area contributed by atoms with Crippen LogP contribution in [0.25, 0.3) is 11.1 Å². The predicted octanol–water partition coefficient (Wildman–Crippen LogP) is 8.53. The normalized spacial score (nSPS) is 13.3. The molecule has 0 saturated heterocycles. The summed E-state index contributed by atoms with van der Waals surface area (Å²) in [4.78, 5) is 1.35. The third-order valence-corrected chi connectivity index (χ3v) is 9.56. The van der Waals surface area contributed by atoms with Gasteiger partial charge < -0.3 is 18.9 Å². The summed E-state index contributed by atoms with van der Waals surface area (Å²) in [6.07, 6.45) is 3.12. The first kappa shape index (κ1) is 29.5. The standard InChI is InChI=1S/C38H36O5S/c1-25-5-15-31(16-6-25)44(39)38-23-28-9-13-29-24-30(40-2)14-18-32(29)33-17-10-26(21-36(33)42-4)7-8-27-11-19-34(41-3)37(22-27)43-35(38)20-12-28/h5-6,10-12,14-24H,7-9,13H2,1-4H3. The van der Waals surface area contributed by atoms with Gasteiger partial charge in [0.15, 0.2) is 11.5 Å². The van der Waals surface area contributed by atoms with Crippen LogP contribution in [0.3, 0.4) is 0 Å². The van der Waals surface area contributed by atoms with Gasteiger partial charge in [-0.1, -0.05) is 48.0 Å². The Balaban J connectivity index is 1.50. The Labute approximate surface area is 261 Å². The summed E-state index contributed by atoms with van der Waals surface area (Å²) in [6, 6.07) is 32.5. The van der Waals surface area contributed by atoms with Crippen molar-refractivity contribution in [3.05, 3.63) is 125 Å². The molecule has 9 rings (SSSR count). The van der Waals surface area contributed by atoms with Gasteiger partial charge in [0.25, 0.3) is 0 Å². The highest BCUT2D eigenvalue weighted by Crippen LogP contribution is 2.39. The molecule has 5 nitrogen and oxygen atoms in total. The molecule has 0 spiro atoms. The lowest BCUT2D eigenvalue weighted by Gasteiger charge is -2.18. The summed E-state index contributed by atoms with van der Waals surface area (Å²) in [5, 5.41) is 0. The highest BCUT2D eigenvalue weighted by molar-refractivity contribution is 7.85. The van der Waals surface area contributed by atoms with Crippen LogP contribution < -0.4 is 18.9 Å². The van der Waals surface area contributed by atoms with Crippen molar-refractivity contribution in [1.29, 1.82) is 0 Å². The van der Waals surface area contributed by atoms with Crippen LogP contribution in [-0.4, -0.2) is 25.5 Å². The summed E-state index contributed by atoms with van der Waals surface area (Å²) in [7, 11) is 3.59. The number of rotatable bonds is 5. The smallest absolute Gasteiger partial charge is 0.169 e. The Morgan fingerprint density at radius 2 is 1.25 bits per heavy atom. The number of hydrogen-bond donors (Lipinski definition) is 0. The average molecular weight is 605 g/mol. The van der Waals surface area contributed by atoms with Crippen LogP contribution in [0.4, 0.5) is 0 Å². The van der Waals surface area contributed by atoms with E-state index in [1.165, 1.54) is 5.56 Å². The van der Waals surface area contributed by atoms with Crippen molar-refractivity contribution in [2.45, 2.75) is 42.4 Å². The second-order valence-electron chi connectivity index (χ2n) is 11.0. The summed E-state index contributed by atoms with van der Waals surface area (Å²) in [6.45, 7) is 2.02. The van der Waals surface area contributed by atoms with Crippen molar-refractivity contribution < 1.29 is 23.2 Å². The summed E-state index contributed by atoms with van der Waals surface area (Å²) >= 11 is 0. The van der Waals surface area contributed by atoms with E-state index in [0.717, 1.165) is 75.5 Å². The molecular formula is C38H36O5S. The first-order chi connectivity index (χ1) is 21.4. The lowest BCUT2D eigenvalue weighted by Crippen LogP contribution is -2.02. The van der Waals surface area contributed by atoms with E-state index < -0.39 is 10.8 Å². The van der Waals surface area contributed by atoms with Crippen molar-refractivity contribution >= 4 is 10.8 Å². The van der Waals surface area contributed by atoms with E-state index in [1.807, 2.05) is 61.5 Å². The predicted molar refractivity (Wildman–Crippen MR) is 175 cm³/mol. The van der Waals surface area contributed by atoms with Crippen molar-refractivity contribution in [3.8, 4) is 39.9 Å². The van der Waals surface area contributed by atoms with Gasteiger partial charge in [-0.25, -0.2) is 4.21 Å². The van der Waals surface area contributed by atoms with E-state index in [0.29, 0.717) is 22.1 Å². The molecule has 0 saturated carbocycles. The molecular weight excluding hydrogens is 568 g/mol. The highest BCUT2D eigenvalue weighted by atomic mass is 32.2. The average Bonchev–Trinajstić information content (AvgIpc) is 3.06. The second kappa shape index (κ2) is 13.0. The topological polar surface area (TPSA) is 54.0 Å². The molecule has 0 N–H and O–H groups in total. The Morgan fingerprint density at radius 1 is 0.591 bits per heavy atom. The zero-order valence-electron chi connectivity index (χ0n) is 25.5. The number of ether oxygens (including phenoxy) is 4. The molecule has 0 aromatic heterocycles. The van der Waals surface area contributed by atoms with Crippen LogP contribution in [0.5, 0.6) is 28.7 Å². The van der Waals surface area contributed by atoms with E-state index in [-0.39, 0.29) is 0 Å². The van der Waals surface area contributed by atoms with Crippen LogP contribution in [-0.2, 0) is 36.5 Å². The molecule has 0 aliphatic carbocycles. The van der Waals surface area contributed by atoms with Crippen LogP contribution >= 0.6 is 0 Å². The van der Waals surface area contributed by atoms with Gasteiger partial charge in [-0.2, -0.15) is 0 Å². The maximum absolute atomic E-state index is 14.1. The lowest BCUT2D eigenvalue weighted by molar-refractivity contribution is 0.375. The maximum Gasteiger partial charge on any atom is 0.169 e. The Bertz CT molecular complexity index is 1830. The summed E-state index contributed by atoms with van der Waals surface area (Å²) in [5.74, 6) is 3.41. The number of aryl methyl sites for hydroxylation is 5. The van der Waals surface area contributed by atoms with Gasteiger partial charge in [0, 0.05) is 10.5 Å². The minimum Gasteiger partial charge on any atom is -0.497 e. The molecule has 44 heavy (non-hydrogen) atoms. The van der Waals surface area contributed by atoms with Crippen LogP contribution in [0.1, 0.15) is 27.8 Å². The Kier molecular flexibility index (Phi) is 8.71. The van der Waals surface area contributed by atoms with E-state index in [4.69, 9.17) is 18.9 Å². The SMILES string of the molecule is COc1ccc2c(c1)CCc1ccc(c(S(=O)c3ccc(C)cc3)c1)Oc1cc(ccc1OC)CCc1ccc-2c(OC)c1. The minimum atomic E-state index is -1.45. The van der Waals surface area contributed by atoms with Crippen molar-refractivity contribution in [1.82, 2.24) is 0 Å². The van der Waals surface area contributed by atoms with Crippen LogP contribution in [0.15, 0.2) is 107 Å². The number of hydrogen-bond acceptors (Lipinski definition) is 5. The molecule has 4 heterocycles. The van der Waals surface area contributed by atoms with E-state index in [9.17, 15) is 4.21 Å². The fourth-order valence-electron chi connectivity index (χ4n) is 5.65. The number of benzene rings is 5. The zero-order valence-corrected chi connectivity index (χ0v) is 26.3. The van der Waals surface area contributed by atoms with Crippen LogP contribution in [0.2, 0.25) is 0 Å². The van der Waals surface area contributed by atoms with Crippen molar-refractivity contribution in [2.75, 3.05) is 21.3 Å². The monoisotopic (exact) mass is 604 g/mol. The molecule has 1 unspecified atom stereocenters. The van der Waals surface area contributed by atoms with Gasteiger partial charge in [-0.3, -0.25) is 0 Å². The molecule has 6 bridgehead atoms. The minimum absolute atomic E-state index is 0.547. The van der Waals surface area contributed by atoms with Gasteiger partial charge in [0.2, 0.25) is 0 Å². The van der Waals surface area contributed by atoms with Gasteiger partial charge in [-0.05, 0) is 115 Å². The molecule has 5 aromatic carbocycles. The largest absolute Gasteiger partial charge is 0.497 e. The highest BCUT2D eigenvalue weighted by Gasteiger charge is 2.19. The Morgan fingerprint density at radius 3 is 2.00 bits per heavy atom. The van der Waals surface area contributed by atoms with Gasteiger partial charge >= 0.3 is 0 Å². The number of methoxy groups -OCH3 is 3.